The monoisotopic (exact) mass is 360 g/mol. The highest BCUT2D eigenvalue weighted by Gasteiger charge is 2.31. The van der Waals surface area contributed by atoms with Gasteiger partial charge < -0.3 is 9.64 Å². The van der Waals surface area contributed by atoms with Crippen LogP contribution in [0.3, 0.4) is 0 Å². The quantitative estimate of drug-likeness (QED) is 0.830. The zero-order chi connectivity index (χ0) is 17.2. The van der Waals surface area contributed by atoms with E-state index in [1.165, 1.54) is 9.21 Å². The maximum absolute atomic E-state index is 12.8. The van der Waals surface area contributed by atoms with Crippen molar-refractivity contribution in [1.29, 1.82) is 0 Å². The lowest BCUT2D eigenvalue weighted by Gasteiger charge is -2.33. The Labute approximate surface area is 142 Å². The third-order valence-corrected chi connectivity index (χ3v) is 6.29. The minimum Gasteiger partial charge on any atom is -0.450 e. The van der Waals surface area contributed by atoms with E-state index in [4.69, 9.17) is 16.3 Å². The Morgan fingerprint density at radius 3 is 2.35 bits per heavy atom. The molecule has 0 unspecified atom stereocenters. The van der Waals surface area contributed by atoms with Crippen LogP contribution >= 0.6 is 11.6 Å². The van der Waals surface area contributed by atoms with Crippen LogP contribution < -0.4 is 0 Å². The molecule has 8 heteroatoms. The Morgan fingerprint density at radius 1 is 1.17 bits per heavy atom. The standard InChI is InChI=1S/C15H21ClN2O4S/c1-4-22-15(19)17-5-7-18(8-6-17)23(20,21)14-10-11(2)13(16)9-12(14)3/h9-10H,4-8H2,1-3H3. The number of sulfonamides is 1. The van der Waals surface area contributed by atoms with Crippen molar-refractivity contribution in [2.45, 2.75) is 25.7 Å². The van der Waals surface area contributed by atoms with Crippen LogP contribution in [0.25, 0.3) is 0 Å². The molecule has 128 valence electrons. The maximum Gasteiger partial charge on any atom is 0.409 e. The molecule has 0 bridgehead atoms. The highest BCUT2D eigenvalue weighted by atomic mass is 35.5. The molecule has 1 aliphatic heterocycles. The summed E-state index contributed by atoms with van der Waals surface area (Å²) in [6.45, 7) is 6.70. The number of benzene rings is 1. The summed E-state index contributed by atoms with van der Waals surface area (Å²) in [5, 5.41) is 0.550. The fourth-order valence-electron chi connectivity index (χ4n) is 2.50. The van der Waals surface area contributed by atoms with Crippen molar-refractivity contribution in [3.63, 3.8) is 0 Å². The number of hydrogen-bond donors (Lipinski definition) is 0. The molecule has 1 aromatic carbocycles. The Bertz CT molecular complexity index is 698. The normalized spacial score (nSPS) is 16.4. The zero-order valence-corrected chi connectivity index (χ0v) is 15.1. The zero-order valence-electron chi connectivity index (χ0n) is 13.5. The van der Waals surface area contributed by atoms with Gasteiger partial charge in [0.2, 0.25) is 10.0 Å². The van der Waals surface area contributed by atoms with Crippen LogP contribution in [0.5, 0.6) is 0 Å². The van der Waals surface area contributed by atoms with Crippen LogP contribution in [-0.2, 0) is 14.8 Å². The summed E-state index contributed by atoms with van der Waals surface area (Å²) in [5.74, 6) is 0. The van der Waals surface area contributed by atoms with E-state index in [1.54, 1.807) is 32.9 Å². The molecule has 0 saturated carbocycles. The van der Waals surface area contributed by atoms with E-state index in [-0.39, 0.29) is 18.0 Å². The summed E-state index contributed by atoms with van der Waals surface area (Å²) in [7, 11) is -3.60. The predicted octanol–water partition coefficient (Wildman–Crippen LogP) is 2.42. The summed E-state index contributed by atoms with van der Waals surface area (Å²) in [4.78, 5) is 13.5. The van der Waals surface area contributed by atoms with Crippen molar-refractivity contribution in [2.24, 2.45) is 0 Å². The Kier molecular flexibility index (Phi) is 5.54. The van der Waals surface area contributed by atoms with Gasteiger partial charge in [0.25, 0.3) is 0 Å². The van der Waals surface area contributed by atoms with Gasteiger partial charge in [-0.25, -0.2) is 13.2 Å². The van der Waals surface area contributed by atoms with Gasteiger partial charge in [-0.3, -0.25) is 0 Å². The number of aryl methyl sites for hydroxylation is 2. The molecule has 23 heavy (non-hydrogen) atoms. The molecule has 0 aliphatic carbocycles. The number of carbonyl (C=O) groups is 1. The molecule has 1 aliphatic rings. The topological polar surface area (TPSA) is 66.9 Å². The Balaban J connectivity index is 2.17. The summed E-state index contributed by atoms with van der Waals surface area (Å²) < 4.78 is 32.0. The fraction of sp³-hybridized carbons (Fsp3) is 0.533. The molecule has 1 fully saturated rings. The Morgan fingerprint density at radius 2 is 1.78 bits per heavy atom. The van der Waals surface area contributed by atoms with Gasteiger partial charge in [-0.2, -0.15) is 4.31 Å². The summed E-state index contributed by atoms with van der Waals surface area (Å²) in [6, 6.07) is 3.27. The molecule has 1 amide bonds. The van der Waals surface area contributed by atoms with E-state index in [2.05, 4.69) is 0 Å². The van der Waals surface area contributed by atoms with E-state index in [1.807, 2.05) is 0 Å². The number of amides is 1. The smallest absolute Gasteiger partial charge is 0.409 e. The van der Waals surface area contributed by atoms with Crippen molar-refractivity contribution < 1.29 is 17.9 Å². The highest BCUT2D eigenvalue weighted by Crippen LogP contribution is 2.26. The van der Waals surface area contributed by atoms with Crippen molar-refractivity contribution in [3.8, 4) is 0 Å². The highest BCUT2D eigenvalue weighted by molar-refractivity contribution is 7.89. The van der Waals surface area contributed by atoms with Gasteiger partial charge in [0.1, 0.15) is 0 Å². The van der Waals surface area contributed by atoms with Gasteiger partial charge in [0.05, 0.1) is 11.5 Å². The maximum atomic E-state index is 12.8. The minimum atomic E-state index is -3.60. The lowest BCUT2D eigenvalue weighted by atomic mass is 10.2. The number of halogens is 1. The molecule has 1 aromatic rings. The number of rotatable bonds is 3. The van der Waals surface area contributed by atoms with E-state index < -0.39 is 16.1 Å². The number of ether oxygens (including phenoxy) is 1. The summed E-state index contributed by atoms with van der Waals surface area (Å²) >= 11 is 6.04. The van der Waals surface area contributed by atoms with Gasteiger partial charge in [-0.05, 0) is 44.0 Å². The molecule has 0 aromatic heterocycles. The van der Waals surface area contributed by atoms with Gasteiger partial charge >= 0.3 is 6.09 Å². The van der Waals surface area contributed by atoms with Crippen LogP contribution in [0, 0.1) is 13.8 Å². The second-order valence-corrected chi connectivity index (χ2v) is 7.77. The van der Waals surface area contributed by atoms with Crippen molar-refractivity contribution in [1.82, 2.24) is 9.21 Å². The van der Waals surface area contributed by atoms with Crippen LogP contribution in [0.1, 0.15) is 18.1 Å². The van der Waals surface area contributed by atoms with Crippen molar-refractivity contribution in [3.05, 3.63) is 28.3 Å². The second kappa shape index (κ2) is 7.07. The van der Waals surface area contributed by atoms with Crippen LogP contribution in [0.2, 0.25) is 5.02 Å². The van der Waals surface area contributed by atoms with Crippen LogP contribution in [0.15, 0.2) is 17.0 Å². The van der Waals surface area contributed by atoms with E-state index >= 15 is 0 Å². The van der Waals surface area contributed by atoms with E-state index in [9.17, 15) is 13.2 Å². The first kappa shape index (κ1) is 18.0. The van der Waals surface area contributed by atoms with Crippen LogP contribution in [-0.4, -0.2) is 56.5 Å². The first-order chi connectivity index (χ1) is 10.8. The largest absolute Gasteiger partial charge is 0.450 e. The molecular weight excluding hydrogens is 340 g/mol. The van der Waals surface area contributed by atoms with Crippen molar-refractivity contribution >= 4 is 27.7 Å². The van der Waals surface area contributed by atoms with Crippen molar-refractivity contribution in [2.75, 3.05) is 32.8 Å². The first-order valence-corrected chi connectivity index (χ1v) is 9.27. The number of hydrogen-bond acceptors (Lipinski definition) is 4. The van der Waals surface area contributed by atoms with Gasteiger partial charge in [-0.1, -0.05) is 11.6 Å². The molecule has 0 N–H and O–H groups in total. The molecule has 0 spiro atoms. The summed E-state index contributed by atoms with van der Waals surface area (Å²) in [6.07, 6.45) is -0.400. The number of nitrogens with zero attached hydrogens (tertiary/aromatic N) is 2. The van der Waals surface area contributed by atoms with Gasteiger partial charge in [-0.15, -0.1) is 0 Å². The number of piperazine rings is 1. The Hall–Kier alpha value is -1.31. The van der Waals surface area contributed by atoms with E-state index in [0.29, 0.717) is 30.3 Å². The molecule has 1 heterocycles. The average Bonchev–Trinajstić information content (AvgIpc) is 2.51. The second-order valence-electron chi connectivity index (χ2n) is 5.46. The fourth-order valence-corrected chi connectivity index (χ4v) is 4.43. The average molecular weight is 361 g/mol. The molecular formula is C15H21ClN2O4S. The molecule has 1 saturated heterocycles. The summed E-state index contributed by atoms with van der Waals surface area (Å²) in [5.41, 5.74) is 1.34. The molecule has 2 rings (SSSR count). The SMILES string of the molecule is CCOC(=O)N1CCN(S(=O)(=O)c2cc(C)c(Cl)cc2C)CC1. The lowest BCUT2D eigenvalue weighted by Crippen LogP contribution is -2.50. The first-order valence-electron chi connectivity index (χ1n) is 7.46. The van der Waals surface area contributed by atoms with Gasteiger partial charge in [0, 0.05) is 31.2 Å². The molecule has 0 radical (unpaired) electrons. The van der Waals surface area contributed by atoms with E-state index in [0.717, 1.165) is 5.56 Å². The predicted molar refractivity (Wildman–Crippen MR) is 88.3 cm³/mol. The number of carbonyl (C=O) groups excluding carboxylic acids is 1. The third kappa shape index (κ3) is 3.79. The third-order valence-electron chi connectivity index (χ3n) is 3.84. The lowest BCUT2D eigenvalue weighted by molar-refractivity contribution is 0.0934. The molecule has 0 atom stereocenters. The van der Waals surface area contributed by atoms with Crippen LogP contribution in [0.4, 0.5) is 4.79 Å². The molecule has 6 nitrogen and oxygen atoms in total. The van der Waals surface area contributed by atoms with Gasteiger partial charge in [0.15, 0.2) is 0 Å². The minimum absolute atomic E-state index is 0.252.